The molecule has 2 heterocycles. The molecular formula is C14H22N2OS2. The molecule has 0 aromatic carbocycles. The molecule has 1 atom stereocenters. The van der Waals surface area contributed by atoms with Gasteiger partial charge in [0, 0.05) is 47.4 Å². The van der Waals surface area contributed by atoms with Gasteiger partial charge in [-0.05, 0) is 11.4 Å². The van der Waals surface area contributed by atoms with Crippen LogP contribution in [-0.4, -0.2) is 36.5 Å². The zero-order chi connectivity index (χ0) is 13.7. The molecule has 1 aliphatic heterocycles. The topological polar surface area (TPSA) is 41.1 Å². The van der Waals surface area contributed by atoms with Gasteiger partial charge in [0.15, 0.2) is 0 Å². The second kappa shape index (κ2) is 6.77. The smallest absolute Gasteiger partial charge is 0.221 e. The van der Waals surface area contributed by atoms with E-state index in [1.165, 1.54) is 4.88 Å². The summed E-state index contributed by atoms with van der Waals surface area (Å²) in [6, 6.07) is 4.53. The minimum absolute atomic E-state index is 0.0125. The van der Waals surface area contributed by atoms with E-state index in [0.29, 0.717) is 19.0 Å². The van der Waals surface area contributed by atoms with Crippen molar-refractivity contribution in [2.75, 3.05) is 24.6 Å². The Morgan fingerprint density at radius 2 is 2.42 bits per heavy atom. The van der Waals surface area contributed by atoms with Gasteiger partial charge >= 0.3 is 0 Å². The van der Waals surface area contributed by atoms with Gasteiger partial charge in [-0.15, -0.1) is 11.3 Å². The second-order valence-corrected chi connectivity index (χ2v) is 7.67. The average molecular weight is 298 g/mol. The van der Waals surface area contributed by atoms with Gasteiger partial charge in [-0.2, -0.15) is 11.8 Å². The van der Waals surface area contributed by atoms with Crippen LogP contribution < -0.4 is 10.6 Å². The molecule has 1 aliphatic rings. The molecule has 5 heteroatoms. The van der Waals surface area contributed by atoms with Crippen LogP contribution >= 0.6 is 23.1 Å². The third-order valence-electron chi connectivity index (χ3n) is 3.35. The Morgan fingerprint density at radius 3 is 3.05 bits per heavy atom. The lowest BCUT2D eigenvalue weighted by molar-refractivity contribution is -0.121. The van der Waals surface area contributed by atoms with Crippen molar-refractivity contribution in [1.82, 2.24) is 10.6 Å². The molecule has 3 nitrogen and oxygen atoms in total. The molecular weight excluding hydrogens is 276 g/mol. The molecule has 106 valence electrons. The van der Waals surface area contributed by atoms with Gasteiger partial charge in [-0.25, -0.2) is 0 Å². The van der Waals surface area contributed by atoms with Crippen LogP contribution in [0.3, 0.4) is 0 Å². The summed E-state index contributed by atoms with van der Waals surface area (Å²) in [5.41, 5.74) is 0.0125. The number of amides is 1. The molecule has 1 saturated heterocycles. The van der Waals surface area contributed by atoms with Crippen LogP contribution in [0.4, 0.5) is 0 Å². The minimum Gasteiger partial charge on any atom is -0.355 e. The van der Waals surface area contributed by atoms with E-state index in [0.717, 1.165) is 18.1 Å². The SMILES string of the molecule is CC(C)(CNC(=O)CC1CSCCN1)c1cccs1. The lowest BCUT2D eigenvalue weighted by Gasteiger charge is -2.26. The lowest BCUT2D eigenvalue weighted by Crippen LogP contribution is -2.43. The molecule has 2 rings (SSSR count). The third-order valence-corrected chi connectivity index (χ3v) is 5.71. The van der Waals surface area contributed by atoms with E-state index in [-0.39, 0.29) is 11.3 Å². The fraction of sp³-hybridized carbons (Fsp3) is 0.643. The summed E-state index contributed by atoms with van der Waals surface area (Å²) in [5.74, 6) is 2.36. The Balaban J connectivity index is 1.76. The highest BCUT2D eigenvalue weighted by molar-refractivity contribution is 7.99. The summed E-state index contributed by atoms with van der Waals surface area (Å²) in [6.07, 6.45) is 0.591. The first-order valence-corrected chi connectivity index (χ1v) is 8.73. The Morgan fingerprint density at radius 1 is 1.58 bits per heavy atom. The number of carbonyl (C=O) groups excluding carboxylic acids is 1. The zero-order valence-electron chi connectivity index (χ0n) is 11.6. The highest BCUT2D eigenvalue weighted by atomic mass is 32.2. The number of thiophene rings is 1. The highest BCUT2D eigenvalue weighted by Crippen LogP contribution is 2.26. The van der Waals surface area contributed by atoms with Gasteiger partial charge in [0.1, 0.15) is 0 Å². The van der Waals surface area contributed by atoms with E-state index in [9.17, 15) is 4.79 Å². The summed E-state index contributed by atoms with van der Waals surface area (Å²) >= 11 is 3.68. The van der Waals surface area contributed by atoms with Crippen LogP contribution in [0.1, 0.15) is 25.1 Å². The standard InChI is InChI=1S/C14H22N2OS2/c1-14(2,12-4-3-6-19-12)10-16-13(17)8-11-9-18-7-5-15-11/h3-4,6,11,15H,5,7-10H2,1-2H3,(H,16,17). The molecule has 19 heavy (non-hydrogen) atoms. The summed E-state index contributed by atoms with van der Waals surface area (Å²) < 4.78 is 0. The summed E-state index contributed by atoms with van der Waals surface area (Å²) in [4.78, 5) is 13.3. The van der Waals surface area contributed by atoms with E-state index in [1.54, 1.807) is 11.3 Å². The molecule has 1 amide bonds. The Bertz CT molecular complexity index is 398. The van der Waals surface area contributed by atoms with Crippen molar-refractivity contribution >= 4 is 29.0 Å². The van der Waals surface area contributed by atoms with Gasteiger partial charge in [0.05, 0.1) is 0 Å². The van der Waals surface area contributed by atoms with Crippen LogP contribution in [0.5, 0.6) is 0 Å². The Labute approximate surface area is 123 Å². The monoisotopic (exact) mass is 298 g/mol. The molecule has 0 spiro atoms. The maximum atomic E-state index is 12.0. The Kier molecular flexibility index (Phi) is 5.30. The number of hydrogen-bond donors (Lipinski definition) is 2. The average Bonchev–Trinajstić information content (AvgIpc) is 2.92. The van der Waals surface area contributed by atoms with Crippen molar-refractivity contribution < 1.29 is 4.79 Å². The molecule has 0 radical (unpaired) electrons. The van der Waals surface area contributed by atoms with Gasteiger partial charge in [-0.1, -0.05) is 19.9 Å². The van der Waals surface area contributed by atoms with Crippen molar-refractivity contribution in [2.45, 2.75) is 31.7 Å². The fourth-order valence-electron chi connectivity index (χ4n) is 2.12. The van der Waals surface area contributed by atoms with Crippen molar-refractivity contribution in [2.24, 2.45) is 0 Å². The first kappa shape index (κ1) is 14.9. The summed E-state index contributed by atoms with van der Waals surface area (Å²) in [7, 11) is 0. The van der Waals surface area contributed by atoms with Crippen LogP contribution in [0.25, 0.3) is 0 Å². The largest absolute Gasteiger partial charge is 0.355 e. The van der Waals surface area contributed by atoms with Crippen molar-refractivity contribution in [3.05, 3.63) is 22.4 Å². The molecule has 1 aromatic rings. The molecule has 1 unspecified atom stereocenters. The summed E-state index contributed by atoms with van der Waals surface area (Å²) in [5, 5.41) is 8.56. The van der Waals surface area contributed by atoms with Crippen LogP contribution in [-0.2, 0) is 10.2 Å². The van der Waals surface area contributed by atoms with Gasteiger partial charge < -0.3 is 10.6 Å². The molecule has 1 fully saturated rings. The van der Waals surface area contributed by atoms with Gasteiger partial charge in [0.2, 0.25) is 5.91 Å². The van der Waals surface area contributed by atoms with Gasteiger partial charge in [0.25, 0.3) is 0 Å². The van der Waals surface area contributed by atoms with E-state index in [1.807, 2.05) is 11.8 Å². The minimum atomic E-state index is 0.0125. The second-order valence-electron chi connectivity index (χ2n) is 5.57. The highest BCUT2D eigenvalue weighted by Gasteiger charge is 2.23. The zero-order valence-corrected chi connectivity index (χ0v) is 13.2. The van der Waals surface area contributed by atoms with Crippen molar-refractivity contribution in [3.8, 4) is 0 Å². The van der Waals surface area contributed by atoms with E-state index in [2.05, 4.69) is 42.0 Å². The molecule has 2 N–H and O–H groups in total. The van der Waals surface area contributed by atoms with E-state index >= 15 is 0 Å². The summed E-state index contributed by atoms with van der Waals surface area (Å²) in [6.45, 7) is 6.07. The first-order valence-electron chi connectivity index (χ1n) is 6.70. The number of carbonyl (C=O) groups is 1. The molecule has 1 aromatic heterocycles. The van der Waals surface area contributed by atoms with E-state index in [4.69, 9.17) is 0 Å². The maximum absolute atomic E-state index is 12.0. The number of thioether (sulfide) groups is 1. The van der Waals surface area contributed by atoms with Gasteiger partial charge in [-0.3, -0.25) is 4.79 Å². The third kappa shape index (κ3) is 4.51. The van der Waals surface area contributed by atoms with Crippen LogP contribution in [0, 0.1) is 0 Å². The van der Waals surface area contributed by atoms with Crippen LogP contribution in [0.15, 0.2) is 17.5 Å². The number of hydrogen-bond acceptors (Lipinski definition) is 4. The normalized spacial score (nSPS) is 20.2. The van der Waals surface area contributed by atoms with Crippen molar-refractivity contribution in [1.29, 1.82) is 0 Å². The van der Waals surface area contributed by atoms with Crippen LogP contribution in [0.2, 0.25) is 0 Å². The fourth-order valence-corrected chi connectivity index (χ4v) is 3.92. The molecule has 0 saturated carbocycles. The quantitative estimate of drug-likeness (QED) is 0.876. The molecule has 0 aliphatic carbocycles. The van der Waals surface area contributed by atoms with E-state index < -0.39 is 0 Å². The predicted octanol–water partition coefficient (Wildman–Crippen LogP) is 2.24. The lowest BCUT2D eigenvalue weighted by atomic mass is 9.91. The number of nitrogens with one attached hydrogen (secondary N) is 2. The predicted molar refractivity (Wildman–Crippen MR) is 84.1 cm³/mol. The Hall–Kier alpha value is -0.520. The molecule has 0 bridgehead atoms. The first-order chi connectivity index (χ1) is 9.08. The van der Waals surface area contributed by atoms with Crippen molar-refractivity contribution in [3.63, 3.8) is 0 Å². The maximum Gasteiger partial charge on any atom is 0.221 e. The number of rotatable bonds is 5.